The molecule has 0 unspecified atom stereocenters. The molecular formula is C12H15ClO2S. The Balaban J connectivity index is 2.95. The predicted octanol–water partition coefficient (Wildman–Crippen LogP) is 2.95. The first-order valence-electron chi connectivity index (χ1n) is 4.97. The van der Waals surface area contributed by atoms with Gasteiger partial charge < -0.3 is 0 Å². The van der Waals surface area contributed by atoms with E-state index in [-0.39, 0.29) is 5.75 Å². The van der Waals surface area contributed by atoms with Gasteiger partial charge in [0.05, 0.1) is 10.6 Å². The van der Waals surface area contributed by atoms with Crippen LogP contribution in [0.15, 0.2) is 40.8 Å². The zero-order valence-electron chi connectivity index (χ0n) is 9.40. The maximum atomic E-state index is 11.9. The van der Waals surface area contributed by atoms with Crippen LogP contribution < -0.4 is 0 Å². The molecule has 0 heterocycles. The molecule has 0 aromatic heterocycles. The van der Waals surface area contributed by atoms with Crippen molar-refractivity contribution in [3.05, 3.63) is 41.5 Å². The van der Waals surface area contributed by atoms with Crippen LogP contribution in [-0.4, -0.2) is 20.1 Å². The number of allylic oxidation sites excluding steroid dienone is 1. The lowest BCUT2D eigenvalue weighted by molar-refractivity contribution is 0.598. The van der Waals surface area contributed by atoms with E-state index in [1.807, 2.05) is 6.92 Å². The first kappa shape index (κ1) is 13.3. The molecular weight excluding hydrogens is 244 g/mol. The van der Waals surface area contributed by atoms with Crippen molar-refractivity contribution < 1.29 is 8.42 Å². The highest BCUT2D eigenvalue weighted by atomic mass is 35.5. The summed E-state index contributed by atoms with van der Waals surface area (Å²) in [5.74, 6) is 0.373. The lowest BCUT2D eigenvalue weighted by Crippen LogP contribution is -2.07. The van der Waals surface area contributed by atoms with Crippen molar-refractivity contribution in [1.82, 2.24) is 0 Å². The number of aryl methyl sites for hydroxylation is 1. The molecule has 0 spiro atoms. The summed E-state index contributed by atoms with van der Waals surface area (Å²) in [6.07, 6.45) is 1.72. The van der Waals surface area contributed by atoms with Crippen LogP contribution in [0, 0.1) is 6.92 Å². The van der Waals surface area contributed by atoms with Crippen molar-refractivity contribution in [1.29, 1.82) is 0 Å². The SMILES string of the molecule is C/C(=C\CCl)CS(=O)(=O)c1ccc(C)cc1. The molecule has 0 aliphatic heterocycles. The van der Waals surface area contributed by atoms with Crippen LogP contribution in [-0.2, 0) is 9.84 Å². The van der Waals surface area contributed by atoms with Gasteiger partial charge in [-0.1, -0.05) is 29.3 Å². The van der Waals surface area contributed by atoms with E-state index >= 15 is 0 Å². The minimum atomic E-state index is -3.23. The van der Waals surface area contributed by atoms with Crippen LogP contribution in [0.25, 0.3) is 0 Å². The van der Waals surface area contributed by atoms with Gasteiger partial charge in [-0.05, 0) is 26.0 Å². The van der Waals surface area contributed by atoms with E-state index in [4.69, 9.17) is 11.6 Å². The summed E-state index contributed by atoms with van der Waals surface area (Å²) in [5.41, 5.74) is 1.82. The summed E-state index contributed by atoms with van der Waals surface area (Å²) in [4.78, 5) is 0.362. The van der Waals surface area contributed by atoms with Crippen LogP contribution >= 0.6 is 11.6 Å². The highest BCUT2D eigenvalue weighted by Crippen LogP contribution is 2.14. The van der Waals surface area contributed by atoms with E-state index < -0.39 is 9.84 Å². The maximum absolute atomic E-state index is 11.9. The molecule has 4 heteroatoms. The fraction of sp³-hybridized carbons (Fsp3) is 0.333. The molecule has 0 atom stereocenters. The molecule has 1 rings (SSSR count). The number of benzene rings is 1. The second-order valence-corrected chi connectivity index (χ2v) is 6.08. The third-order valence-electron chi connectivity index (χ3n) is 2.22. The van der Waals surface area contributed by atoms with E-state index in [2.05, 4.69) is 0 Å². The molecule has 0 fully saturated rings. The molecule has 2 nitrogen and oxygen atoms in total. The molecule has 0 saturated carbocycles. The third-order valence-corrected chi connectivity index (χ3v) is 4.20. The van der Waals surface area contributed by atoms with Gasteiger partial charge in [0.2, 0.25) is 0 Å². The van der Waals surface area contributed by atoms with Crippen molar-refractivity contribution in [2.75, 3.05) is 11.6 Å². The van der Waals surface area contributed by atoms with E-state index in [1.54, 1.807) is 37.3 Å². The molecule has 0 saturated heterocycles. The number of hydrogen-bond donors (Lipinski definition) is 0. The minimum Gasteiger partial charge on any atom is -0.223 e. The van der Waals surface area contributed by atoms with Gasteiger partial charge in [-0.2, -0.15) is 0 Å². The molecule has 1 aromatic rings. The average Bonchev–Trinajstić information content (AvgIpc) is 2.17. The van der Waals surface area contributed by atoms with E-state index in [1.165, 1.54) is 0 Å². The summed E-state index contributed by atoms with van der Waals surface area (Å²) in [7, 11) is -3.23. The Bertz CT molecular complexity index is 472. The van der Waals surface area contributed by atoms with Crippen molar-refractivity contribution in [3.8, 4) is 0 Å². The molecule has 16 heavy (non-hydrogen) atoms. The summed E-state index contributed by atoms with van der Waals surface area (Å²) in [6, 6.07) is 6.87. The van der Waals surface area contributed by atoms with Crippen molar-refractivity contribution >= 4 is 21.4 Å². The largest absolute Gasteiger partial charge is 0.223 e. The fourth-order valence-corrected chi connectivity index (χ4v) is 3.02. The van der Waals surface area contributed by atoms with E-state index in [9.17, 15) is 8.42 Å². The Morgan fingerprint density at radius 2 is 1.88 bits per heavy atom. The third kappa shape index (κ3) is 3.65. The average molecular weight is 259 g/mol. The quantitative estimate of drug-likeness (QED) is 0.615. The Morgan fingerprint density at radius 1 is 1.31 bits per heavy atom. The highest BCUT2D eigenvalue weighted by molar-refractivity contribution is 7.91. The summed E-state index contributed by atoms with van der Waals surface area (Å²) >= 11 is 5.52. The van der Waals surface area contributed by atoms with Crippen molar-refractivity contribution in [2.45, 2.75) is 18.7 Å². The Labute approximate surface area is 102 Å². The lowest BCUT2D eigenvalue weighted by Gasteiger charge is -2.05. The van der Waals surface area contributed by atoms with Gasteiger partial charge in [0.15, 0.2) is 9.84 Å². The summed E-state index contributed by atoms with van der Waals surface area (Å²) < 4.78 is 23.9. The second kappa shape index (κ2) is 5.51. The molecule has 0 amide bonds. The maximum Gasteiger partial charge on any atom is 0.182 e. The Hall–Kier alpha value is -0.800. The molecule has 0 bridgehead atoms. The number of halogens is 1. The van der Waals surface area contributed by atoms with Crippen LogP contribution in [0.4, 0.5) is 0 Å². The molecule has 0 aliphatic rings. The topological polar surface area (TPSA) is 34.1 Å². The first-order valence-corrected chi connectivity index (χ1v) is 7.15. The van der Waals surface area contributed by atoms with Crippen LogP contribution in [0.1, 0.15) is 12.5 Å². The van der Waals surface area contributed by atoms with Crippen molar-refractivity contribution in [2.24, 2.45) is 0 Å². The van der Waals surface area contributed by atoms with Gasteiger partial charge >= 0.3 is 0 Å². The van der Waals surface area contributed by atoms with Gasteiger partial charge in [-0.3, -0.25) is 0 Å². The van der Waals surface area contributed by atoms with Gasteiger partial charge in [0.1, 0.15) is 0 Å². The molecule has 0 aliphatic carbocycles. The van der Waals surface area contributed by atoms with Gasteiger partial charge in [-0.15, -0.1) is 11.6 Å². The molecule has 88 valence electrons. The standard InChI is InChI=1S/C12H15ClO2S/c1-10-3-5-12(6-4-10)16(14,15)9-11(2)7-8-13/h3-7H,8-9H2,1-2H3/b11-7+. The zero-order valence-corrected chi connectivity index (χ0v) is 11.0. The van der Waals surface area contributed by atoms with Gasteiger partial charge in [0, 0.05) is 5.88 Å². The zero-order chi connectivity index (χ0) is 12.2. The van der Waals surface area contributed by atoms with E-state index in [0.717, 1.165) is 11.1 Å². The first-order chi connectivity index (χ1) is 7.45. The predicted molar refractivity (Wildman–Crippen MR) is 67.7 cm³/mol. The van der Waals surface area contributed by atoms with Gasteiger partial charge in [-0.25, -0.2) is 8.42 Å². The molecule has 1 aromatic carbocycles. The number of sulfone groups is 1. The van der Waals surface area contributed by atoms with Crippen LogP contribution in [0.2, 0.25) is 0 Å². The number of rotatable bonds is 4. The summed E-state index contributed by atoms with van der Waals surface area (Å²) in [5, 5.41) is 0. The van der Waals surface area contributed by atoms with Gasteiger partial charge in [0.25, 0.3) is 0 Å². The van der Waals surface area contributed by atoms with Crippen LogP contribution in [0.5, 0.6) is 0 Å². The smallest absolute Gasteiger partial charge is 0.182 e. The number of hydrogen-bond acceptors (Lipinski definition) is 2. The minimum absolute atomic E-state index is 0.0305. The number of alkyl halides is 1. The van der Waals surface area contributed by atoms with Crippen LogP contribution in [0.3, 0.4) is 0 Å². The Kier molecular flexibility index (Phi) is 4.56. The second-order valence-electron chi connectivity index (χ2n) is 3.78. The highest BCUT2D eigenvalue weighted by Gasteiger charge is 2.14. The Morgan fingerprint density at radius 3 is 2.38 bits per heavy atom. The molecule has 0 N–H and O–H groups in total. The molecule has 0 radical (unpaired) electrons. The lowest BCUT2D eigenvalue weighted by atomic mass is 10.2. The summed E-state index contributed by atoms with van der Waals surface area (Å²) in [6.45, 7) is 3.70. The van der Waals surface area contributed by atoms with Crippen molar-refractivity contribution in [3.63, 3.8) is 0 Å². The monoisotopic (exact) mass is 258 g/mol. The van der Waals surface area contributed by atoms with E-state index in [0.29, 0.717) is 10.8 Å². The fourth-order valence-electron chi connectivity index (χ4n) is 1.32. The normalized spacial score (nSPS) is 12.8.